The van der Waals surface area contributed by atoms with E-state index in [2.05, 4.69) is 15.7 Å². The molecule has 1 aliphatic carbocycles. The van der Waals surface area contributed by atoms with E-state index in [1.165, 1.54) is 25.7 Å². The molecular weight excluding hydrogens is 228 g/mol. The highest BCUT2D eigenvalue weighted by Gasteiger charge is 2.32. The lowest BCUT2D eigenvalue weighted by atomic mass is 9.89. The summed E-state index contributed by atoms with van der Waals surface area (Å²) in [6.45, 7) is 3.00. The Morgan fingerprint density at radius 3 is 2.80 bits per heavy atom. The van der Waals surface area contributed by atoms with Crippen molar-refractivity contribution in [2.75, 3.05) is 17.7 Å². The molecule has 1 aromatic rings. The van der Waals surface area contributed by atoms with Crippen molar-refractivity contribution in [3.05, 3.63) is 11.1 Å². The van der Waals surface area contributed by atoms with E-state index in [0.29, 0.717) is 5.41 Å². The van der Waals surface area contributed by atoms with E-state index in [4.69, 9.17) is 11.6 Å². The van der Waals surface area contributed by atoms with Crippen LogP contribution in [0.3, 0.4) is 0 Å². The number of halogens is 1. The van der Waals surface area contributed by atoms with Crippen LogP contribution in [-0.2, 0) is 0 Å². The summed E-state index contributed by atoms with van der Waals surface area (Å²) >= 11 is 7.76. The van der Waals surface area contributed by atoms with Crippen molar-refractivity contribution >= 4 is 28.1 Å². The summed E-state index contributed by atoms with van der Waals surface area (Å²) in [5, 5.41) is 6.53. The number of aryl methyl sites for hydroxylation is 1. The molecule has 4 heteroatoms. The fourth-order valence-corrected chi connectivity index (χ4v) is 3.23. The van der Waals surface area contributed by atoms with Crippen LogP contribution in [0.2, 0.25) is 0 Å². The normalized spacial score (nSPS) is 19.3. The lowest BCUT2D eigenvalue weighted by Gasteiger charge is -2.26. The van der Waals surface area contributed by atoms with E-state index in [1.54, 1.807) is 11.3 Å². The van der Waals surface area contributed by atoms with E-state index >= 15 is 0 Å². The Morgan fingerprint density at radius 1 is 1.53 bits per heavy atom. The summed E-state index contributed by atoms with van der Waals surface area (Å²) in [4.78, 5) is 4.40. The Hall–Kier alpha value is -0.280. The fraction of sp³-hybridized carbons (Fsp3) is 0.727. The Balaban J connectivity index is 1.91. The summed E-state index contributed by atoms with van der Waals surface area (Å²) < 4.78 is 0. The summed E-state index contributed by atoms with van der Waals surface area (Å²) in [6.07, 6.45) is 5.16. The number of aromatic nitrogens is 1. The zero-order valence-electron chi connectivity index (χ0n) is 9.05. The first-order valence-corrected chi connectivity index (χ1v) is 6.87. The number of thiazole rings is 1. The van der Waals surface area contributed by atoms with Crippen molar-refractivity contribution < 1.29 is 0 Å². The average molecular weight is 245 g/mol. The van der Waals surface area contributed by atoms with Gasteiger partial charge in [0.05, 0.1) is 5.69 Å². The molecule has 0 radical (unpaired) electrons. The third-order valence-corrected chi connectivity index (χ3v) is 4.67. The van der Waals surface area contributed by atoms with E-state index < -0.39 is 0 Å². The smallest absolute Gasteiger partial charge is 0.182 e. The number of nitrogens with one attached hydrogen (secondary N) is 1. The van der Waals surface area contributed by atoms with Crippen molar-refractivity contribution in [3.63, 3.8) is 0 Å². The second-order valence-electron chi connectivity index (χ2n) is 4.49. The predicted octanol–water partition coefficient (Wildman–Crippen LogP) is 3.66. The number of anilines is 1. The Labute approximate surface area is 100 Å². The quantitative estimate of drug-likeness (QED) is 0.818. The number of nitrogens with zero attached hydrogens (tertiary/aromatic N) is 1. The molecule has 0 aliphatic heterocycles. The van der Waals surface area contributed by atoms with Crippen LogP contribution >= 0.6 is 22.9 Å². The minimum Gasteiger partial charge on any atom is -0.361 e. The van der Waals surface area contributed by atoms with E-state index in [0.717, 1.165) is 23.3 Å². The van der Waals surface area contributed by atoms with Gasteiger partial charge in [0, 0.05) is 23.2 Å². The lowest BCUT2D eigenvalue weighted by molar-refractivity contribution is 0.368. The molecule has 0 aromatic carbocycles. The first-order valence-electron chi connectivity index (χ1n) is 5.46. The van der Waals surface area contributed by atoms with Gasteiger partial charge < -0.3 is 5.32 Å². The Kier molecular flexibility index (Phi) is 3.52. The first-order chi connectivity index (χ1) is 7.24. The summed E-state index contributed by atoms with van der Waals surface area (Å²) in [7, 11) is 0. The summed E-state index contributed by atoms with van der Waals surface area (Å²) in [5.74, 6) is 0.768. The van der Waals surface area contributed by atoms with Gasteiger partial charge in [-0.3, -0.25) is 0 Å². The third-order valence-electron chi connectivity index (χ3n) is 3.18. The van der Waals surface area contributed by atoms with Gasteiger partial charge in [-0.05, 0) is 19.8 Å². The Bertz CT molecular complexity index is 318. The van der Waals surface area contributed by atoms with Crippen molar-refractivity contribution in [2.45, 2.75) is 32.6 Å². The molecule has 0 spiro atoms. The molecule has 15 heavy (non-hydrogen) atoms. The van der Waals surface area contributed by atoms with Gasteiger partial charge in [-0.25, -0.2) is 4.98 Å². The number of hydrogen-bond donors (Lipinski definition) is 1. The van der Waals surface area contributed by atoms with Crippen LogP contribution in [0.1, 0.15) is 31.4 Å². The molecule has 0 bridgehead atoms. The molecule has 1 heterocycles. The SMILES string of the molecule is Cc1csc(NCC2(CCl)CCCC2)n1. The van der Waals surface area contributed by atoms with Gasteiger partial charge in [0.1, 0.15) is 0 Å². The van der Waals surface area contributed by atoms with Gasteiger partial charge in [-0.2, -0.15) is 0 Å². The van der Waals surface area contributed by atoms with Gasteiger partial charge in [-0.1, -0.05) is 12.8 Å². The largest absolute Gasteiger partial charge is 0.361 e. The molecule has 0 atom stereocenters. The lowest BCUT2D eigenvalue weighted by Crippen LogP contribution is -2.28. The average Bonchev–Trinajstić information content (AvgIpc) is 2.85. The molecule has 1 aromatic heterocycles. The van der Waals surface area contributed by atoms with Gasteiger partial charge in [0.2, 0.25) is 0 Å². The molecule has 0 amide bonds. The maximum absolute atomic E-state index is 6.08. The molecule has 84 valence electrons. The third kappa shape index (κ3) is 2.64. The first kappa shape index (κ1) is 11.2. The van der Waals surface area contributed by atoms with Gasteiger partial charge in [0.25, 0.3) is 0 Å². The minimum atomic E-state index is 0.321. The molecule has 1 fully saturated rings. The van der Waals surface area contributed by atoms with Crippen molar-refractivity contribution in [1.29, 1.82) is 0 Å². The standard InChI is InChI=1S/C11H17ClN2S/c1-9-6-15-10(14-9)13-8-11(7-12)4-2-3-5-11/h6H,2-5,7-8H2,1H3,(H,13,14). The molecule has 2 rings (SSSR count). The minimum absolute atomic E-state index is 0.321. The summed E-state index contributed by atoms with van der Waals surface area (Å²) in [6, 6.07) is 0. The van der Waals surface area contributed by atoms with Crippen LogP contribution in [0.4, 0.5) is 5.13 Å². The Morgan fingerprint density at radius 2 is 2.27 bits per heavy atom. The highest BCUT2D eigenvalue weighted by Crippen LogP contribution is 2.39. The molecule has 1 aliphatic rings. The maximum Gasteiger partial charge on any atom is 0.182 e. The topological polar surface area (TPSA) is 24.9 Å². The van der Waals surface area contributed by atoms with Crippen LogP contribution in [-0.4, -0.2) is 17.4 Å². The highest BCUT2D eigenvalue weighted by atomic mass is 35.5. The van der Waals surface area contributed by atoms with Crippen molar-refractivity contribution in [2.24, 2.45) is 5.41 Å². The number of rotatable bonds is 4. The second-order valence-corrected chi connectivity index (χ2v) is 5.61. The van der Waals surface area contributed by atoms with E-state index in [1.807, 2.05) is 6.92 Å². The molecule has 0 unspecified atom stereocenters. The van der Waals surface area contributed by atoms with Crippen LogP contribution in [0.5, 0.6) is 0 Å². The molecular formula is C11H17ClN2S. The molecule has 1 saturated carbocycles. The van der Waals surface area contributed by atoms with Gasteiger partial charge in [0.15, 0.2) is 5.13 Å². The number of hydrogen-bond acceptors (Lipinski definition) is 3. The van der Waals surface area contributed by atoms with E-state index in [-0.39, 0.29) is 0 Å². The maximum atomic E-state index is 6.08. The number of alkyl halides is 1. The van der Waals surface area contributed by atoms with Crippen LogP contribution in [0.25, 0.3) is 0 Å². The van der Waals surface area contributed by atoms with Crippen molar-refractivity contribution in [1.82, 2.24) is 4.98 Å². The molecule has 2 nitrogen and oxygen atoms in total. The van der Waals surface area contributed by atoms with Crippen LogP contribution in [0.15, 0.2) is 5.38 Å². The molecule has 0 saturated heterocycles. The zero-order valence-corrected chi connectivity index (χ0v) is 10.6. The van der Waals surface area contributed by atoms with Crippen LogP contribution < -0.4 is 5.32 Å². The van der Waals surface area contributed by atoms with Crippen LogP contribution in [0, 0.1) is 12.3 Å². The second kappa shape index (κ2) is 4.71. The zero-order chi connectivity index (χ0) is 10.7. The van der Waals surface area contributed by atoms with E-state index in [9.17, 15) is 0 Å². The van der Waals surface area contributed by atoms with Gasteiger partial charge in [-0.15, -0.1) is 22.9 Å². The van der Waals surface area contributed by atoms with Crippen molar-refractivity contribution in [3.8, 4) is 0 Å². The highest BCUT2D eigenvalue weighted by molar-refractivity contribution is 7.13. The fourth-order valence-electron chi connectivity index (χ4n) is 2.18. The molecule has 1 N–H and O–H groups in total. The summed E-state index contributed by atoms with van der Waals surface area (Å²) in [5.41, 5.74) is 1.41. The monoisotopic (exact) mass is 244 g/mol. The predicted molar refractivity (Wildman–Crippen MR) is 67.0 cm³/mol. The van der Waals surface area contributed by atoms with Gasteiger partial charge >= 0.3 is 0 Å².